The lowest BCUT2D eigenvalue weighted by molar-refractivity contribution is -0.120. The van der Waals surface area contributed by atoms with E-state index in [1.165, 1.54) is 11.8 Å². The average Bonchev–Trinajstić information content (AvgIpc) is 2.72. The van der Waals surface area contributed by atoms with Crippen molar-refractivity contribution in [3.8, 4) is 0 Å². The van der Waals surface area contributed by atoms with E-state index in [2.05, 4.69) is 34.7 Å². The van der Waals surface area contributed by atoms with Crippen molar-refractivity contribution >= 4 is 17.7 Å². The van der Waals surface area contributed by atoms with Gasteiger partial charge in [-0.3, -0.25) is 4.79 Å². The van der Waals surface area contributed by atoms with Gasteiger partial charge in [0, 0.05) is 13.1 Å². The maximum atomic E-state index is 11.8. The molecule has 0 aliphatic carbocycles. The molecular formula is C11H21N5OS. The van der Waals surface area contributed by atoms with E-state index < -0.39 is 0 Å². The van der Waals surface area contributed by atoms with Gasteiger partial charge in [0.2, 0.25) is 11.1 Å². The van der Waals surface area contributed by atoms with Gasteiger partial charge in [0.25, 0.3) is 0 Å². The fourth-order valence-corrected chi connectivity index (χ4v) is 2.17. The van der Waals surface area contributed by atoms with Crippen molar-refractivity contribution in [3.63, 3.8) is 0 Å². The average molecular weight is 271 g/mol. The van der Waals surface area contributed by atoms with Crippen LogP contribution in [0.5, 0.6) is 0 Å². The standard InChI is InChI=1S/C11H21N5OS/c1-5-6-12-10(17)9(4)18-11-13-14-15-16(11)7-8(2)3/h8-9H,5-7H2,1-4H3,(H,12,17). The van der Waals surface area contributed by atoms with Crippen LogP contribution in [0, 0.1) is 5.92 Å². The summed E-state index contributed by atoms with van der Waals surface area (Å²) in [5.41, 5.74) is 0. The molecule has 1 heterocycles. The van der Waals surface area contributed by atoms with Crippen LogP contribution in [0.3, 0.4) is 0 Å². The quantitative estimate of drug-likeness (QED) is 0.758. The Morgan fingerprint density at radius 1 is 1.44 bits per heavy atom. The minimum Gasteiger partial charge on any atom is -0.355 e. The maximum Gasteiger partial charge on any atom is 0.233 e. The molecule has 7 heteroatoms. The van der Waals surface area contributed by atoms with E-state index in [4.69, 9.17) is 0 Å². The third-order valence-electron chi connectivity index (χ3n) is 2.24. The first-order chi connectivity index (χ1) is 8.54. The Balaban J connectivity index is 2.56. The Labute approximate surface area is 112 Å². The molecule has 18 heavy (non-hydrogen) atoms. The fourth-order valence-electron chi connectivity index (χ4n) is 1.34. The molecule has 0 saturated heterocycles. The van der Waals surface area contributed by atoms with Crippen LogP contribution in [0.4, 0.5) is 0 Å². The Morgan fingerprint density at radius 2 is 2.17 bits per heavy atom. The van der Waals surface area contributed by atoms with Gasteiger partial charge in [0.05, 0.1) is 5.25 Å². The molecule has 0 saturated carbocycles. The third-order valence-corrected chi connectivity index (χ3v) is 3.31. The van der Waals surface area contributed by atoms with Gasteiger partial charge in [-0.05, 0) is 29.7 Å². The smallest absolute Gasteiger partial charge is 0.233 e. The van der Waals surface area contributed by atoms with Crippen LogP contribution in [0.25, 0.3) is 0 Å². The number of tetrazole rings is 1. The van der Waals surface area contributed by atoms with Crippen molar-refractivity contribution in [2.75, 3.05) is 6.54 Å². The molecule has 0 radical (unpaired) electrons. The van der Waals surface area contributed by atoms with Crippen LogP contribution >= 0.6 is 11.8 Å². The van der Waals surface area contributed by atoms with Gasteiger partial charge in [-0.15, -0.1) is 5.10 Å². The molecule has 0 aliphatic rings. The number of hydrogen-bond donors (Lipinski definition) is 1. The molecule has 1 aromatic rings. The summed E-state index contributed by atoms with van der Waals surface area (Å²) >= 11 is 1.39. The summed E-state index contributed by atoms with van der Waals surface area (Å²) in [6, 6.07) is 0. The third kappa shape index (κ3) is 4.64. The summed E-state index contributed by atoms with van der Waals surface area (Å²) in [6.45, 7) is 9.58. The Morgan fingerprint density at radius 3 is 2.78 bits per heavy atom. The van der Waals surface area contributed by atoms with Crippen LogP contribution in [0.15, 0.2) is 5.16 Å². The van der Waals surface area contributed by atoms with E-state index in [1.54, 1.807) is 4.68 Å². The predicted molar refractivity (Wildman–Crippen MR) is 71.3 cm³/mol. The van der Waals surface area contributed by atoms with Gasteiger partial charge in [0.1, 0.15) is 0 Å². The number of amides is 1. The molecule has 1 unspecified atom stereocenters. The zero-order chi connectivity index (χ0) is 13.5. The van der Waals surface area contributed by atoms with E-state index in [0.29, 0.717) is 17.6 Å². The minimum atomic E-state index is -0.187. The molecule has 0 bridgehead atoms. The lowest BCUT2D eigenvalue weighted by atomic mass is 10.2. The number of hydrogen-bond acceptors (Lipinski definition) is 5. The molecule has 1 aromatic heterocycles. The molecule has 1 N–H and O–H groups in total. The van der Waals surface area contributed by atoms with Gasteiger partial charge in [-0.1, -0.05) is 32.5 Å². The Bertz CT molecular complexity index is 379. The Hall–Kier alpha value is -1.11. The van der Waals surface area contributed by atoms with Gasteiger partial charge < -0.3 is 5.32 Å². The van der Waals surface area contributed by atoms with Crippen LogP contribution < -0.4 is 5.32 Å². The second kappa shape index (κ2) is 7.35. The molecule has 1 atom stereocenters. The SMILES string of the molecule is CCCNC(=O)C(C)Sc1nnnn1CC(C)C. The molecular weight excluding hydrogens is 250 g/mol. The van der Waals surface area contributed by atoms with Crippen LogP contribution in [0.1, 0.15) is 34.1 Å². The van der Waals surface area contributed by atoms with Crippen molar-refractivity contribution in [2.45, 2.75) is 51.1 Å². The largest absolute Gasteiger partial charge is 0.355 e. The van der Waals surface area contributed by atoms with Crippen LogP contribution in [-0.4, -0.2) is 37.9 Å². The van der Waals surface area contributed by atoms with Crippen molar-refractivity contribution in [1.82, 2.24) is 25.5 Å². The van der Waals surface area contributed by atoms with Crippen molar-refractivity contribution in [3.05, 3.63) is 0 Å². The monoisotopic (exact) mass is 271 g/mol. The van der Waals surface area contributed by atoms with Crippen molar-refractivity contribution < 1.29 is 4.79 Å². The second-order valence-electron chi connectivity index (χ2n) is 4.59. The summed E-state index contributed by atoms with van der Waals surface area (Å²) in [4.78, 5) is 11.8. The highest BCUT2D eigenvalue weighted by Crippen LogP contribution is 2.20. The highest BCUT2D eigenvalue weighted by molar-refractivity contribution is 8.00. The van der Waals surface area contributed by atoms with Crippen molar-refractivity contribution in [1.29, 1.82) is 0 Å². The van der Waals surface area contributed by atoms with Gasteiger partial charge >= 0.3 is 0 Å². The zero-order valence-corrected chi connectivity index (χ0v) is 12.2. The number of nitrogens with one attached hydrogen (secondary N) is 1. The number of thioether (sulfide) groups is 1. The van der Waals surface area contributed by atoms with Gasteiger partial charge in [0.15, 0.2) is 0 Å². The van der Waals surface area contributed by atoms with E-state index >= 15 is 0 Å². The van der Waals surface area contributed by atoms with Gasteiger partial charge in [-0.2, -0.15) is 0 Å². The first-order valence-corrected chi connectivity index (χ1v) is 7.13. The minimum absolute atomic E-state index is 0.0287. The lowest BCUT2D eigenvalue weighted by Gasteiger charge is -2.11. The van der Waals surface area contributed by atoms with Crippen molar-refractivity contribution in [2.24, 2.45) is 5.92 Å². The molecule has 0 aromatic carbocycles. The zero-order valence-electron chi connectivity index (χ0n) is 11.4. The lowest BCUT2D eigenvalue weighted by Crippen LogP contribution is -2.31. The van der Waals surface area contributed by atoms with Crippen LogP contribution in [0.2, 0.25) is 0 Å². The summed E-state index contributed by atoms with van der Waals surface area (Å²) < 4.78 is 1.75. The van der Waals surface area contributed by atoms with E-state index in [0.717, 1.165) is 13.0 Å². The number of carbonyl (C=O) groups is 1. The molecule has 102 valence electrons. The molecule has 1 rings (SSSR count). The number of carbonyl (C=O) groups excluding carboxylic acids is 1. The number of aromatic nitrogens is 4. The predicted octanol–water partition coefficient (Wildman–Crippen LogP) is 1.34. The highest BCUT2D eigenvalue weighted by Gasteiger charge is 2.18. The summed E-state index contributed by atoms with van der Waals surface area (Å²) in [6.07, 6.45) is 0.939. The van der Waals surface area contributed by atoms with E-state index in [9.17, 15) is 4.79 Å². The van der Waals surface area contributed by atoms with Crippen LogP contribution in [-0.2, 0) is 11.3 Å². The second-order valence-corrected chi connectivity index (χ2v) is 5.90. The molecule has 1 amide bonds. The molecule has 0 aliphatic heterocycles. The van der Waals surface area contributed by atoms with Gasteiger partial charge in [-0.25, -0.2) is 4.68 Å². The molecule has 6 nitrogen and oxygen atoms in total. The maximum absolute atomic E-state index is 11.8. The fraction of sp³-hybridized carbons (Fsp3) is 0.818. The topological polar surface area (TPSA) is 72.7 Å². The summed E-state index contributed by atoms with van der Waals surface area (Å²) in [5, 5.41) is 14.9. The summed E-state index contributed by atoms with van der Waals surface area (Å²) in [5.74, 6) is 0.498. The number of rotatable bonds is 7. The molecule has 0 fully saturated rings. The Kier molecular flexibility index (Phi) is 6.11. The molecule has 0 spiro atoms. The van der Waals surface area contributed by atoms with E-state index in [-0.39, 0.29) is 11.2 Å². The highest BCUT2D eigenvalue weighted by atomic mass is 32.2. The number of nitrogens with zero attached hydrogens (tertiary/aromatic N) is 4. The normalized spacial score (nSPS) is 12.7. The van der Waals surface area contributed by atoms with E-state index in [1.807, 2.05) is 13.8 Å². The summed E-state index contributed by atoms with van der Waals surface area (Å²) in [7, 11) is 0. The first-order valence-electron chi connectivity index (χ1n) is 6.25. The first kappa shape index (κ1) is 14.9.